The molecule has 2 heterocycles. The van der Waals surface area contributed by atoms with E-state index in [9.17, 15) is 9.59 Å². The van der Waals surface area contributed by atoms with Gasteiger partial charge >= 0.3 is 0 Å². The number of benzene rings is 1. The summed E-state index contributed by atoms with van der Waals surface area (Å²) in [4.78, 5) is 31.6. The quantitative estimate of drug-likeness (QED) is 0.720. The second kappa shape index (κ2) is 9.38. The van der Waals surface area contributed by atoms with Gasteiger partial charge in [-0.1, -0.05) is 19.1 Å². The molecule has 3 aliphatic rings. The maximum absolute atomic E-state index is 12.7. The molecule has 164 valence electrons. The van der Waals surface area contributed by atoms with Crippen molar-refractivity contribution in [2.45, 2.75) is 58.5 Å². The molecule has 4 rings (SSSR count). The zero-order valence-corrected chi connectivity index (χ0v) is 18.4. The Kier molecular flexibility index (Phi) is 6.61. The minimum atomic E-state index is 0.230. The Hall–Kier alpha value is -2.08. The molecular formula is C24H35N3O3. The average molecular weight is 414 g/mol. The number of aryl methyl sites for hydroxylation is 1. The third-order valence-electron chi connectivity index (χ3n) is 6.85. The number of nitrogens with zero attached hydrogens (tertiary/aromatic N) is 3. The molecule has 0 radical (unpaired) electrons. The van der Waals surface area contributed by atoms with E-state index in [0.717, 1.165) is 68.7 Å². The van der Waals surface area contributed by atoms with Crippen LogP contribution in [0.1, 0.15) is 50.7 Å². The number of carbonyl (C=O) groups excluding carboxylic acids is 2. The minimum Gasteiger partial charge on any atom is -0.491 e. The first-order valence-corrected chi connectivity index (χ1v) is 11.6. The third-order valence-corrected chi connectivity index (χ3v) is 6.85. The number of fused-ring (bicyclic) bond motifs is 1. The summed E-state index contributed by atoms with van der Waals surface area (Å²) in [7, 11) is 0. The van der Waals surface area contributed by atoms with Gasteiger partial charge in [-0.15, -0.1) is 0 Å². The van der Waals surface area contributed by atoms with Crippen LogP contribution in [-0.4, -0.2) is 71.9 Å². The number of amides is 2. The van der Waals surface area contributed by atoms with E-state index in [0.29, 0.717) is 32.2 Å². The van der Waals surface area contributed by atoms with Crippen molar-refractivity contribution in [2.24, 2.45) is 5.92 Å². The number of carbonyl (C=O) groups is 2. The van der Waals surface area contributed by atoms with Crippen LogP contribution >= 0.6 is 0 Å². The standard InChI is InChI=1S/C24H35N3O3/c1-3-18(2)25-10-12-26(13-11-25)23(28)9-5-19-4-8-22-21(16-19)17-27(14-15-30-22)24(29)20-6-7-20/h4,8,16,18,20H,3,5-7,9-15,17H2,1-2H3. The number of hydrogen-bond acceptors (Lipinski definition) is 4. The first-order valence-electron chi connectivity index (χ1n) is 11.6. The summed E-state index contributed by atoms with van der Waals surface area (Å²) < 4.78 is 5.87. The van der Waals surface area contributed by atoms with Gasteiger partial charge in [0.05, 0.1) is 6.54 Å². The first-order chi connectivity index (χ1) is 14.5. The van der Waals surface area contributed by atoms with Crippen molar-refractivity contribution >= 4 is 11.8 Å². The SMILES string of the molecule is CCC(C)N1CCN(C(=O)CCc2ccc3c(c2)CN(C(=O)C2CC2)CCO3)CC1. The van der Waals surface area contributed by atoms with Gasteiger partial charge < -0.3 is 14.5 Å². The lowest BCUT2D eigenvalue weighted by molar-refractivity contribution is -0.134. The summed E-state index contributed by atoms with van der Waals surface area (Å²) in [6, 6.07) is 6.79. The molecule has 2 fully saturated rings. The summed E-state index contributed by atoms with van der Waals surface area (Å²) in [5.41, 5.74) is 2.21. The van der Waals surface area contributed by atoms with Crippen molar-refractivity contribution in [2.75, 3.05) is 39.3 Å². The van der Waals surface area contributed by atoms with Crippen molar-refractivity contribution in [3.05, 3.63) is 29.3 Å². The Morgan fingerprint density at radius 2 is 1.87 bits per heavy atom. The number of ether oxygens (including phenoxy) is 1. The van der Waals surface area contributed by atoms with E-state index < -0.39 is 0 Å². The minimum absolute atomic E-state index is 0.230. The predicted molar refractivity (Wildman–Crippen MR) is 116 cm³/mol. The second-order valence-electron chi connectivity index (χ2n) is 9.00. The van der Waals surface area contributed by atoms with Gasteiger partial charge in [0, 0.05) is 56.7 Å². The van der Waals surface area contributed by atoms with Crippen LogP contribution in [0.3, 0.4) is 0 Å². The molecule has 1 unspecified atom stereocenters. The maximum atomic E-state index is 12.7. The summed E-state index contributed by atoms with van der Waals surface area (Å²) in [5.74, 6) is 1.62. The molecule has 6 nitrogen and oxygen atoms in total. The molecule has 1 aromatic rings. The Morgan fingerprint density at radius 1 is 1.10 bits per heavy atom. The highest BCUT2D eigenvalue weighted by atomic mass is 16.5. The first kappa shape index (κ1) is 21.2. The second-order valence-corrected chi connectivity index (χ2v) is 9.00. The zero-order valence-electron chi connectivity index (χ0n) is 18.4. The van der Waals surface area contributed by atoms with Gasteiger partial charge in [-0.25, -0.2) is 0 Å². The van der Waals surface area contributed by atoms with Crippen LogP contribution in [-0.2, 0) is 22.6 Å². The van der Waals surface area contributed by atoms with Crippen LogP contribution in [0.5, 0.6) is 5.75 Å². The van der Waals surface area contributed by atoms with Gasteiger partial charge in [-0.2, -0.15) is 0 Å². The summed E-state index contributed by atoms with van der Waals surface area (Å²) >= 11 is 0. The van der Waals surface area contributed by atoms with Crippen molar-refractivity contribution in [1.82, 2.24) is 14.7 Å². The molecule has 1 saturated carbocycles. The van der Waals surface area contributed by atoms with Crippen LogP contribution in [0.15, 0.2) is 18.2 Å². The molecule has 1 saturated heterocycles. The van der Waals surface area contributed by atoms with E-state index in [1.165, 1.54) is 0 Å². The molecule has 2 aliphatic heterocycles. The lowest BCUT2D eigenvalue weighted by atomic mass is 10.0. The molecule has 30 heavy (non-hydrogen) atoms. The normalized spacial score (nSPS) is 20.9. The Labute approximate surface area is 180 Å². The van der Waals surface area contributed by atoms with Gasteiger partial charge in [0.15, 0.2) is 0 Å². The fourth-order valence-corrected chi connectivity index (χ4v) is 4.46. The van der Waals surface area contributed by atoms with Crippen LogP contribution in [0.25, 0.3) is 0 Å². The van der Waals surface area contributed by atoms with E-state index in [-0.39, 0.29) is 17.7 Å². The molecular weight excluding hydrogens is 378 g/mol. The van der Waals surface area contributed by atoms with E-state index in [1.54, 1.807) is 0 Å². The molecule has 6 heteroatoms. The lowest BCUT2D eigenvalue weighted by Gasteiger charge is -2.37. The molecule has 0 N–H and O–H groups in total. The fraction of sp³-hybridized carbons (Fsp3) is 0.667. The van der Waals surface area contributed by atoms with Crippen molar-refractivity contribution in [3.8, 4) is 5.75 Å². The van der Waals surface area contributed by atoms with Crippen LogP contribution in [0.2, 0.25) is 0 Å². The number of hydrogen-bond donors (Lipinski definition) is 0. The highest BCUT2D eigenvalue weighted by molar-refractivity contribution is 5.81. The summed E-state index contributed by atoms with van der Waals surface area (Å²) in [6.07, 6.45) is 4.47. The van der Waals surface area contributed by atoms with Gasteiger partial charge in [0.2, 0.25) is 11.8 Å². The Bertz CT molecular complexity index is 769. The molecule has 1 aromatic carbocycles. The molecule has 1 atom stereocenters. The number of piperazine rings is 1. The van der Waals surface area contributed by atoms with Gasteiger partial charge in [-0.05, 0) is 44.2 Å². The van der Waals surface area contributed by atoms with Crippen LogP contribution in [0.4, 0.5) is 0 Å². The summed E-state index contributed by atoms with van der Waals surface area (Å²) in [6.45, 7) is 9.91. The highest BCUT2D eigenvalue weighted by Gasteiger charge is 2.34. The van der Waals surface area contributed by atoms with Crippen molar-refractivity contribution in [3.63, 3.8) is 0 Å². The number of rotatable bonds is 6. The largest absolute Gasteiger partial charge is 0.491 e. The highest BCUT2D eigenvalue weighted by Crippen LogP contribution is 2.33. The van der Waals surface area contributed by atoms with Crippen LogP contribution < -0.4 is 4.74 Å². The van der Waals surface area contributed by atoms with E-state index in [4.69, 9.17) is 4.74 Å². The molecule has 0 aromatic heterocycles. The van der Waals surface area contributed by atoms with Crippen LogP contribution in [0, 0.1) is 5.92 Å². The van der Waals surface area contributed by atoms with E-state index >= 15 is 0 Å². The Morgan fingerprint density at radius 3 is 2.57 bits per heavy atom. The topological polar surface area (TPSA) is 53.1 Å². The maximum Gasteiger partial charge on any atom is 0.226 e. The summed E-state index contributed by atoms with van der Waals surface area (Å²) in [5, 5.41) is 0. The average Bonchev–Trinajstić information content (AvgIpc) is 3.63. The lowest BCUT2D eigenvalue weighted by Crippen LogP contribution is -2.51. The van der Waals surface area contributed by atoms with E-state index in [1.807, 2.05) is 15.9 Å². The molecule has 0 spiro atoms. The molecule has 1 aliphatic carbocycles. The van der Waals surface area contributed by atoms with Gasteiger partial charge in [0.1, 0.15) is 12.4 Å². The third kappa shape index (κ3) is 4.97. The van der Waals surface area contributed by atoms with Crippen molar-refractivity contribution in [1.29, 1.82) is 0 Å². The molecule has 2 amide bonds. The smallest absolute Gasteiger partial charge is 0.226 e. The fourth-order valence-electron chi connectivity index (χ4n) is 4.46. The Balaban J connectivity index is 1.31. The molecule has 0 bridgehead atoms. The predicted octanol–water partition coefficient (Wildman–Crippen LogP) is 2.69. The van der Waals surface area contributed by atoms with E-state index in [2.05, 4.69) is 30.9 Å². The zero-order chi connectivity index (χ0) is 21.1. The van der Waals surface area contributed by atoms with Gasteiger partial charge in [0.25, 0.3) is 0 Å². The van der Waals surface area contributed by atoms with Gasteiger partial charge in [-0.3, -0.25) is 14.5 Å². The monoisotopic (exact) mass is 413 g/mol. The van der Waals surface area contributed by atoms with Crippen molar-refractivity contribution < 1.29 is 14.3 Å².